The molecule has 0 unspecified atom stereocenters. The van der Waals surface area contributed by atoms with E-state index >= 15 is 0 Å². The Kier molecular flexibility index (Phi) is 7.62. The van der Waals surface area contributed by atoms with Gasteiger partial charge in [0.15, 0.2) is 6.61 Å². The molecule has 1 N–H and O–H groups in total. The summed E-state index contributed by atoms with van der Waals surface area (Å²) in [7, 11) is 1.62. The number of halogens is 1. The van der Waals surface area contributed by atoms with Crippen LogP contribution in [0.5, 0.6) is 11.5 Å². The molecule has 0 saturated heterocycles. The molecule has 1 amide bonds. The lowest BCUT2D eigenvalue weighted by Gasteiger charge is -2.25. The van der Waals surface area contributed by atoms with Gasteiger partial charge in [-0.25, -0.2) is 5.01 Å². The Labute approximate surface area is 223 Å². The van der Waals surface area contributed by atoms with Crippen molar-refractivity contribution in [3.05, 3.63) is 107 Å². The summed E-state index contributed by atoms with van der Waals surface area (Å²) in [6, 6.07) is 24.4. The third-order valence-corrected chi connectivity index (χ3v) is 6.73. The summed E-state index contributed by atoms with van der Waals surface area (Å²) in [5.41, 5.74) is 6.07. The summed E-state index contributed by atoms with van der Waals surface area (Å²) >= 11 is 7.27. The number of methoxy groups -OCH3 is 1. The van der Waals surface area contributed by atoms with E-state index in [-0.39, 0.29) is 29.5 Å². The Hall–Kier alpha value is -3.95. The van der Waals surface area contributed by atoms with Crippen LogP contribution in [-0.4, -0.2) is 34.0 Å². The molecule has 0 aliphatic carbocycles. The number of thioether (sulfide) groups is 1. The summed E-state index contributed by atoms with van der Waals surface area (Å²) < 4.78 is 16.6. The Morgan fingerprint density at radius 1 is 1.05 bits per heavy atom. The fourth-order valence-electron chi connectivity index (χ4n) is 3.76. The molecule has 188 valence electrons. The number of rotatable bonds is 9. The van der Waals surface area contributed by atoms with E-state index in [1.165, 1.54) is 11.8 Å². The largest absolute Gasteiger partial charge is 0.497 e. The van der Waals surface area contributed by atoms with Crippen molar-refractivity contribution >= 4 is 35.0 Å². The standard InChI is InChI=1S/C27H23ClN4O4S/c1-34-20-13-11-19(12-14-20)23-15-22(18-7-3-2-4-8-18)31-32(23)26(33)17-37-27-30-29-25(36-27)16-35-24-10-6-5-9-21(24)28/h2-15,23,31H,16-17H2,1H3/t23-/m1/s1. The molecule has 3 aromatic carbocycles. The highest BCUT2D eigenvalue weighted by Gasteiger charge is 2.31. The molecule has 5 rings (SSSR count). The molecule has 10 heteroatoms. The zero-order chi connectivity index (χ0) is 25.6. The first-order chi connectivity index (χ1) is 18.1. The maximum atomic E-state index is 13.3. The van der Waals surface area contributed by atoms with Crippen LogP contribution in [0.1, 0.15) is 23.1 Å². The molecule has 1 aliphatic rings. The van der Waals surface area contributed by atoms with E-state index in [1.807, 2.05) is 72.8 Å². The number of benzene rings is 3. The van der Waals surface area contributed by atoms with Crippen LogP contribution < -0.4 is 14.9 Å². The second-order valence-corrected chi connectivity index (χ2v) is 9.34. The minimum Gasteiger partial charge on any atom is -0.497 e. The van der Waals surface area contributed by atoms with Gasteiger partial charge in [-0.15, -0.1) is 10.2 Å². The van der Waals surface area contributed by atoms with Crippen molar-refractivity contribution in [3.63, 3.8) is 0 Å². The van der Waals surface area contributed by atoms with E-state index in [2.05, 4.69) is 15.6 Å². The molecule has 1 aromatic heterocycles. The van der Waals surface area contributed by atoms with E-state index in [0.29, 0.717) is 16.7 Å². The number of hydrazine groups is 1. The van der Waals surface area contributed by atoms with Gasteiger partial charge >= 0.3 is 0 Å². The van der Waals surface area contributed by atoms with Crippen molar-refractivity contribution in [2.24, 2.45) is 0 Å². The van der Waals surface area contributed by atoms with Crippen molar-refractivity contribution in [1.82, 2.24) is 20.6 Å². The second-order valence-electron chi connectivity index (χ2n) is 8.01. The Bertz CT molecular complexity index is 1400. The summed E-state index contributed by atoms with van der Waals surface area (Å²) in [6.07, 6.45) is 2.04. The van der Waals surface area contributed by atoms with E-state index in [0.717, 1.165) is 22.6 Å². The van der Waals surface area contributed by atoms with E-state index in [1.54, 1.807) is 24.3 Å². The van der Waals surface area contributed by atoms with Crippen LogP contribution in [0.4, 0.5) is 0 Å². The normalized spacial score (nSPS) is 14.7. The Morgan fingerprint density at radius 3 is 2.57 bits per heavy atom. The van der Waals surface area contributed by atoms with Gasteiger partial charge in [0.1, 0.15) is 11.5 Å². The molecular weight excluding hydrogens is 512 g/mol. The number of nitrogens with zero attached hydrogens (tertiary/aromatic N) is 3. The summed E-state index contributed by atoms with van der Waals surface area (Å²) in [6.45, 7) is 0.0722. The number of aromatic nitrogens is 2. The van der Waals surface area contributed by atoms with Gasteiger partial charge in [-0.2, -0.15) is 0 Å². The molecule has 0 spiro atoms. The van der Waals surface area contributed by atoms with Crippen molar-refractivity contribution in [2.75, 3.05) is 12.9 Å². The quantitative estimate of drug-likeness (QED) is 0.280. The summed E-state index contributed by atoms with van der Waals surface area (Å²) in [5.74, 6) is 1.53. The summed E-state index contributed by atoms with van der Waals surface area (Å²) in [4.78, 5) is 13.3. The van der Waals surface area contributed by atoms with E-state index < -0.39 is 0 Å². The predicted molar refractivity (Wildman–Crippen MR) is 141 cm³/mol. The molecule has 37 heavy (non-hydrogen) atoms. The Balaban J connectivity index is 1.25. The Morgan fingerprint density at radius 2 is 1.81 bits per heavy atom. The lowest BCUT2D eigenvalue weighted by Crippen LogP contribution is -2.40. The monoisotopic (exact) mass is 534 g/mol. The smallest absolute Gasteiger partial charge is 0.277 e. The number of amides is 1. The first-order valence-corrected chi connectivity index (χ1v) is 12.8. The molecule has 8 nitrogen and oxygen atoms in total. The molecule has 0 saturated carbocycles. The number of carbonyl (C=O) groups is 1. The lowest BCUT2D eigenvalue weighted by molar-refractivity contribution is -0.131. The first kappa shape index (κ1) is 24.7. The van der Waals surface area contributed by atoms with E-state index in [4.69, 9.17) is 25.5 Å². The highest BCUT2D eigenvalue weighted by Crippen LogP contribution is 2.33. The van der Waals surface area contributed by atoms with Crippen LogP contribution in [-0.2, 0) is 11.4 Å². The third-order valence-electron chi connectivity index (χ3n) is 5.61. The van der Waals surface area contributed by atoms with Crippen LogP contribution in [0.15, 0.2) is 94.6 Å². The molecule has 1 aliphatic heterocycles. The molecule has 4 aromatic rings. The van der Waals surface area contributed by atoms with Crippen LogP contribution >= 0.6 is 23.4 Å². The van der Waals surface area contributed by atoms with Gasteiger partial charge in [-0.3, -0.25) is 10.2 Å². The van der Waals surface area contributed by atoms with Gasteiger partial charge in [0.05, 0.1) is 29.6 Å². The lowest BCUT2D eigenvalue weighted by atomic mass is 10.0. The predicted octanol–water partition coefficient (Wildman–Crippen LogP) is 5.53. The third kappa shape index (κ3) is 5.90. The number of hydrogen-bond acceptors (Lipinski definition) is 8. The molecule has 1 atom stereocenters. The fraction of sp³-hybridized carbons (Fsp3) is 0.148. The molecule has 0 fully saturated rings. The average Bonchev–Trinajstić information content (AvgIpc) is 3.60. The minimum atomic E-state index is -0.295. The highest BCUT2D eigenvalue weighted by molar-refractivity contribution is 7.99. The topological polar surface area (TPSA) is 89.7 Å². The second kappa shape index (κ2) is 11.4. The first-order valence-electron chi connectivity index (χ1n) is 11.4. The maximum absolute atomic E-state index is 13.3. The maximum Gasteiger partial charge on any atom is 0.277 e. The summed E-state index contributed by atoms with van der Waals surface area (Å²) in [5, 5.41) is 10.4. The van der Waals surface area contributed by atoms with Gasteiger partial charge in [0.2, 0.25) is 0 Å². The average molecular weight is 535 g/mol. The minimum absolute atomic E-state index is 0.0722. The molecular formula is C27H23ClN4O4S. The van der Waals surface area contributed by atoms with Crippen molar-refractivity contribution in [1.29, 1.82) is 0 Å². The van der Waals surface area contributed by atoms with Crippen molar-refractivity contribution < 1.29 is 18.7 Å². The van der Waals surface area contributed by atoms with Crippen LogP contribution in [0, 0.1) is 0 Å². The van der Waals surface area contributed by atoms with Crippen molar-refractivity contribution in [2.45, 2.75) is 17.9 Å². The number of hydrogen-bond donors (Lipinski definition) is 1. The fourth-order valence-corrected chi connectivity index (χ4v) is 4.59. The molecule has 0 bridgehead atoms. The SMILES string of the molecule is COc1ccc([C@H]2C=C(c3ccccc3)NN2C(=O)CSc2nnc(COc3ccccc3Cl)o2)cc1. The van der Waals surface area contributed by atoms with Crippen LogP contribution in [0.3, 0.4) is 0 Å². The number of para-hydroxylation sites is 1. The van der Waals surface area contributed by atoms with Gasteiger partial charge in [-0.1, -0.05) is 78.0 Å². The zero-order valence-corrected chi connectivity index (χ0v) is 21.4. The van der Waals surface area contributed by atoms with Gasteiger partial charge in [-0.05, 0) is 41.5 Å². The number of carbonyl (C=O) groups excluding carboxylic acids is 1. The number of nitrogens with one attached hydrogen (secondary N) is 1. The van der Waals surface area contributed by atoms with Crippen LogP contribution in [0.25, 0.3) is 5.70 Å². The molecule has 0 radical (unpaired) electrons. The van der Waals surface area contributed by atoms with Gasteiger partial charge in [0.25, 0.3) is 17.0 Å². The van der Waals surface area contributed by atoms with Crippen molar-refractivity contribution in [3.8, 4) is 11.5 Å². The van der Waals surface area contributed by atoms with Gasteiger partial charge in [0, 0.05) is 0 Å². The zero-order valence-electron chi connectivity index (χ0n) is 19.8. The van der Waals surface area contributed by atoms with E-state index in [9.17, 15) is 4.79 Å². The van der Waals surface area contributed by atoms with Gasteiger partial charge < -0.3 is 13.9 Å². The number of ether oxygens (including phenoxy) is 2. The molecule has 2 heterocycles. The van der Waals surface area contributed by atoms with Crippen LogP contribution in [0.2, 0.25) is 5.02 Å². The highest BCUT2D eigenvalue weighted by atomic mass is 35.5.